The van der Waals surface area contributed by atoms with E-state index in [0.717, 1.165) is 0 Å². The van der Waals surface area contributed by atoms with Crippen molar-refractivity contribution in [2.45, 2.75) is 33.4 Å². The van der Waals surface area contributed by atoms with E-state index in [2.05, 4.69) is 34.9 Å². The van der Waals surface area contributed by atoms with E-state index in [1.54, 1.807) is 0 Å². The number of rotatable bonds is 5. The van der Waals surface area contributed by atoms with E-state index in [-0.39, 0.29) is 101 Å². The minimum absolute atomic E-state index is 0. The molecule has 0 radical (unpaired) electrons. The quantitative estimate of drug-likeness (QED) is 0.140. The Morgan fingerprint density at radius 3 is 0.892 bits per heavy atom. The summed E-state index contributed by atoms with van der Waals surface area (Å²) in [6.45, 7) is 4.00. The van der Waals surface area contributed by atoms with Crippen molar-refractivity contribution < 1.29 is 34.6 Å². The molecule has 0 aliphatic heterocycles. The Morgan fingerprint density at radius 2 is 0.730 bits per heavy atom. The molecule has 4 atom stereocenters. The van der Waals surface area contributed by atoms with Gasteiger partial charge in [-0.15, -0.1) is 12.1 Å². The van der Waals surface area contributed by atoms with Crippen molar-refractivity contribution in [3.63, 3.8) is 0 Å². The van der Waals surface area contributed by atoms with Gasteiger partial charge in [0.2, 0.25) is 0 Å². The molecule has 0 aliphatic rings. The SMILES string of the molecule is C.CC.C[N-][C@@H](c1ccccc1)[C@@H]([N-]C)c1ccccc1.P.P.[CH3-].[CH3-].[Cl][Ru+2][Cl].[NH2-].[NH2-].[Ru+4].c1ccccc1. The fraction of sp³-hybridized carbons (Fsp3) is 0.259. The predicted octanol–water partition coefficient (Wildman–Crippen LogP) is 11.6. The van der Waals surface area contributed by atoms with Crippen LogP contribution in [0.2, 0.25) is 0 Å². The molecule has 0 bridgehead atoms. The van der Waals surface area contributed by atoms with Gasteiger partial charge < -0.3 is 37.8 Å². The Hall–Kier alpha value is 0.187. The number of hydrogen-bond acceptors (Lipinski definition) is 0. The number of benzene rings is 3. The molecule has 218 valence electrons. The van der Waals surface area contributed by atoms with E-state index in [1.807, 2.05) is 101 Å². The first-order valence-electron chi connectivity index (χ1n) is 9.41. The summed E-state index contributed by atoms with van der Waals surface area (Å²) in [5, 5.41) is 9.02. The molecule has 10 heteroatoms. The molecule has 0 aromatic heterocycles. The number of halogens is 2. The summed E-state index contributed by atoms with van der Waals surface area (Å²) in [6, 6.07) is 32.8. The van der Waals surface area contributed by atoms with Gasteiger partial charge in [-0.05, 0) is 0 Å². The van der Waals surface area contributed by atoms with Gasteiger partial charge in [0.05, 0.1) is 0 Å². The van der Waals surface area contributed by atoms with E-state index >= 15 is 0 Å². The van der Waals surface area contributed by atoms with E-state index < -0.39 is 0 Å². The summed E-state index contributed by atoms with van der Waals surface area (Å²) in [7, 11) is 13.4. The summed E-state index contributed by atoms with van der Waals surface area (Å²) in [5.74, 6) is 0. The number of hydrogen-bond donors (Lipinski definition) is 0. The zero-order valence-electron chi connectivity index (χ0n) is 22.3. The number of likely N-dealkylation sites (N-methyl/N-ethyl adjacent to an activating group) is 2. The van der Waals surface area contributed by atoms with Crippen molar-refractivity contribution in [2.24, 2.45) is 0 Å². The van der Waals surface area contributed by atoms with Gasteiger partial charge >= 0.3 is 54.0 Å². The van der Waals surface area contributed by atoms with Crippen LogP contribution in [0.15, 0.2) is 97.1 Å². The van der Waals surface area contributed by atoms with Crippen LogP contribution in [-0.4, -0.2) is 14.1 Å². The Kier molecular flexibility index (Phi) is 76.3. The van der Waals surface area contributed by atoms with Gasteiger partial charge in [0.1, 0.15) is 0 Å². The molecule has 2 unspecified atom stereocenters. The molecule has 0 aliphatic carbocycles. The normalized spacial score (nSPS) is 8.81. The Morgan fingerprint density at radius 1 is 0.568 bits per heavy atom. The fourth-order valence-corrected chi connectivity index (χ4v) is 2.63. The molecule has 0 saturated heterocycles. The maximum absolute atomic E-state index is 4.85. The summed E-state index contributed by atoms with van der Waals surface area (Å²) in [4.78, 5) is 0. The van der Waals surface area contributed by atoms with Gasteiger partial charge in [0.25, 0.3) is 0 Å². The third-order valence-corrected chi connectivity index (χ3v) is 3.80. The first-order chi connectivity index (χ1) is 14.3. The average Bonchev–Trinajstić information content (AvgIpc) is 2.82. The van der Waals surface area contributed by atoms with Crippen LogP contribution in [0.1, 0.15) is 44.5 Å². The molecule has 0 fully saturated rings. The molecule has 0 heterocycles. The minimum atomic E-state index is -0.346. The van der Waals surface area contributed by atoms with Crippen molar-refractivity contribution in [1.82, 2.24) is 0 Å². The first kappa shape index (κ1) is 61.3. The molecule has 3 aromatic rings. The zero-order chi connectivity index (χ0) is 21.7. The standard InChI is InChI=1S/C16H18N2.C6H6.C2H6.CH4.2CH3.2ClH.2H2N.2H3P.2Ru/c1-17-15(13-9-5-3-6-10-13)16(18-2)14-11-7-4-8-12-14;1-2-4-6-5-3-1;1-2;;;;;;;;;;;/h3-12,15-16H,1-2H3;1-6H;1-2H3;1H4;2*1H3;2*1H;2*1H2;2*1H3;;/q-2;;;;2*-1;;;2*-1;;;2*+4/p-2/t15-,16-;;;;;;;;;;;;;/m0............./s1. The van der Waals surface area contributed by atoms with Crippen molar-refractivity contribution in [1.29, 1.82) is 0 Å². The van der Waals surface area contributed by atoms with Crippen LogP contribution >= 0.6 is 39.2 Å². The second-order valence-electron chi connectivity index (χ2n) is 5.43. The summed E-state index contributed by atoms with van der Waals surface area (Å²) in [6.07, 6.45) is 0. The molecule has 0 saturated carbocycles. The Labute approximate surface area is 265 Å². The van der Waals surface area contributed by atoms with Crippen LogP contribution in [0.25, 0.3) is 22.9 Å². The fourth-order valence-electron chi connectivity index (χ4n) is 2.63. The third-order valence-electron chi connectivity index (χ3n) is 3.80. The first-order valence-corrected chi connectivity index (χ1v) is 13.9. The molecule has 4 nitrogen and oxygen atoms in total. The summed E-state index contributed by atoms with van der Waals surface area (Å²) in [5.41, 5.74) is 2.42. The van der Waals surface area contributed by atoms with Crippen molar-refractivity contribution in [3.8, 4) is 0 Å². The molecule has 3 rings (SSSR count). The van der Waals surface area contributed by atoms with Crippen LogP contribution in [0.3, 0.4) is 0 Å². The van der Waals surface area contributed by atoms with Crippen molar-refractivity contribution >= 4 is 39.2 Å². The maximum Gasteiger partial charge on any atom is 4.00 e. The molecular weight excluding hydrogens is 715 g/mol. The summed E-state index contributed by atoms with van der Waals surface area (Å²) < 4.78 is 0. The monoisotopic (exact) mass is 766 g/mol. The van der Waals surface area contributed by atoms with E-state index in [9.17, 15) is 0 Å². The Bertz CT molecular complexity index is 636. The molecule has 0 amide bonds. The van der Waals surface area contributed by atoms with Gasteiger partial charge in [-0.3, -0.25) is 0 Å². The second-order valence-corrected chi connectivity index (χ2v) is 8.07. The van der Waals surface area contributed by atoms with Gasteiger partial charge in [0.15, 0.2) is 0 Å². The topological polar surface area (TPSA) is 95.2 Å². The van der Waals surface area contributed by atoms with E-state index in [0.29, 0.717) is 0 Å². The summed E-state index contributed by atoms with van der Waals surface area (Å²) >= 11 is -0.346. The smallest absolute Gasteiger partial charge is 0.693 e. The maximum atomic E-state index is 4.85. The molecule has 37 heavy (non-hydrogen) atoms. The van der Waals surface area contributed by atoms with Crippen LogP contribution in [0.4, 0.5) is 0 Å². The van der Waals surface area contributed by atoms with Crippen LogP contribution in [0, 0.1) is 14.9 Å². The van der Waals surface area contributed by atoms with E-state index in [1.165, 1.54) is 11.1 Å². The largest absolute Gasteiger partial charge is 4.00 e. The van der Waals surface area contributed by atoms with Gasteiger partial charge in [0, 0.05) is 0 Å². The number of nitrogens with two attached hydrogens (primary N) is 2. The van der Waals surface area contributed by atoms with Crippen LogP contribution < -0.4 is 0 Å². The van der Waals surface area contributed by atoms with Gasteiger partial charge in [-0.2, -0.15) is 33.9 Å². The van der Waals surface area contributed by atoms with Crippen molar-refractivity contribution in [2.75, 3.05) is 14.1 Å². The molecular formula is C27H50Cl2N4P2Ru2. The van der Waals surface area contributed by atoms with Crippen LogP contribution in [-0.2, 0) is 34.6 Å². The minimum Gasteiger partial charge on any atom is -0.693 e. The van der Waals surface area contributed by atoms with Gasteiger partial charge in [-0.25, -0.2) is 0 Å². The molecule has 4 N–H and O–H groups in total. The second kappa shape index (κ2) is 46.1. The Balaban J connectivity index is -0.0000000512. The van der Waals surface area contributed by atoms with Gasteiger partial charge in [-0.1, -0.05) is 129 Å². The van der Waals surface area contributed by atoms with Crippen molar-refractivity contribution in [3.05, 3.63) is 146 Å². The van der Waals surface area contributed by atoms with E-state index in [4.69, 9.17) is 19.4 Å². The molecule has 0 spiro atoms. The molecule has 3 aromatic carbocycles. The predicted molar refractivity (Wildman–Crippen MR) is 179 cm³/mol. The zero-order valence-corrected chi connectivity index (χ0v) is 30.1. The number of nitrogens with zero attached hydrogens (tertiary/aromatic N) is 2. The van der Waals surface area contributed by atoms with Crippen LogP contribution in [0.5, 0.6) is 0 Å². The average molecular weight is 766 g/mol. The third kappa shape index (κ3) is 29.0.